The minimum absolute atomic E-state index is 0.214. The molecule has 0 saturated heterocycles. The molecule has 7 heteroatoms. The van der Waals surface area contributed by atoms with E-state index < -0.39 is 0 Å². The first-order chi connectivity index (χ1) is 15.7. The molecule has 0 aliphatic carbocycles. The van der Waals surface area contributed by atoms with E-state index in [2.05, 4.69) is 21.0 Å². The summed E-state index contributed by atoms with van der Waals surface area (Å²) in [7, 11) is 0. The third-order valence-electron chi connectivity index (χ3n) is 5.01. The number of nitrogens with zero attached hydrogens (tertiary/aromatic N) is 3. The Hall–Kier alpha value is -2.96. The highest BCUT2D eigenvalue weighted by Gasteiger charge is 2.22. The Morgan fingerprint density at radius 3 is 2.64 bits per heavy atom. The molecule has 0 aliphatic heterocycles. The number of hydrogen-bond donors (Lipinski definition) is 0. The van der Waals surface area contributed by atoms with Gasteiger partial charge in [0.2, 0.25) is 0 Å². The second-order valence-corrected chi connectivity index (χ2v) is 9.98. The molecule has 0 fully saturated rings. The molecule has 0 spiro atoms. The number of ether oxygens (including phenoxy) is 1. The molecule has 33 heavy (non-hydrogen) atoms. The number of hydrogen-bond acceptors (Lipinski definition) is 4. The summed E-state index contributed by atoms with van der Waals surface area (Å²) in [5.41, 5.74) is 1.77. The minimum Gasteiger partial charge on any atom is -0.489 e. The molecule has 1 heterocycles. The molecular weight excluding hydrogens is 502 g/mol. The molecule has 0 atom stereocenters. The Balaban J connectivity index is 1.67. The van der Waals surface area contributed by atoms with Crippen molar-refractivity contribution in [1.82, 2.24) is 9.66 Å². The van der Waals surface area contributed by atoms with Crippen molar-refractivity contribution in [3.8, 4) is 5.75 Å². The number of fused-ring (bicyclic) bond motifs is 1. The molecule has 0 aliphatic rings. The molecule has 0 radical (unpaired) electrons. The quantitative estimate of drug-likeness (QED) is 0.277. The topological polar surface area (TPSA) is 56.5 Å². The van der Waals surface area contributed by atoms with Crippen LogP contribution in [0.4, 0.5) is 0 Å². The lowest BCUT2D eigenvalue weighted by Crippen LogP contribution is -2.29. The summed E-state index contributed by atoms with van der Waals surface area (Å²) in [5.74, 6) is 1.27. The van der Waals surface area contributed by atoms with E-state index in [1.807, 2.05) is 81.4 Å². The Morgan fingerprint density at radius 2 is 1.88 bits per heavy atom. The molecule has 0 saturated carbocycles. The molecule has 0 N–H and O–H groups in total. The van der Waals surface area contributed by atoms with Crippen LogP contribution >= 0.6 is 27.5 Å². The van der Waals surface area contributed by atoms with Crippen LogP contribution in [0.25, 0.3) is 10.9 Å². The van der Waals surface area contributed by atoms with E-state index in [1.165, 1.54) is 4.68 Å². The lowest BCUT2D eigenvalue weighted by molar-refractivity contribution is 0.306. The van der Waals surface area contributed by atoms with Gasteiger partial charge in [-0.05, 0) is 42.0 Å². The highest BCUT2D eigenvalue weighted by Crippen LogP contribution is 2.23. The van der Waals surface area contributed by atoms with E-state index in [0.717, 1.165) is 15.6 Å². The maximum Gasteiger partial charge on any atom is 0.282 e. The largest absolute Gasteiger partial charge is 0.489 e. The van der Waals surface area contributed by atoms with Crippen LogP contribution in [0.3, 0.4) is 0 Å². The molecule has 5 nitrogen and oxygen atoms in total. The van der Waals surface area contributed by atoms with Gasteiger partial charge in [-0.2, -0.15) is 9.78 Å². The van der Waals surface area contributed by atoms with Crippen molar-refractivity contribution in [2.75, 3.05) is 0 Å². The summed E-state index contributed by atoms with van der Waals surface area (Å²) < 4.78 is 8.10. The van der Waals surface area contributed by atoms with E-state index >= 15 is 0 Å². The van der Waals surface area contributed by atoms with Crippen LogP contribution in [0.15, 0.2) is 81.1 Å². The summed E-state index contributed by atoms with van der Waals surface area (Å²) in [4.78, 5) is 18.0. The monoisotopic (exact) mass is 523 g/mol. The van der Waals surface area contributed by atoms with Crippen molar-refractivity contribution in [3.05, 3.63) is 104 Å². The molecule has 3 aromatic carbocycles. The number of aromatic nitrogens is 2. The number of halogens is 2. The van der Waals surface area contributed by atoms with Gasteiger partial charge in [-0.15, -0.1) is 0 Å². The van der Waals surface area contributed by atoms with Crippen molar-refractivity contribution < 1.29 is 4.74 Å². The maximum atomic E-state index is 13.3. The summed E-state index contributed by atoms with van der Waals surface area (Å²) in [5, 5.41) is 5.69. The Morgan fingerprint density at radius 1 is 1.09 bits per heavy atom. The van der Waals surface area contributed by atoms with Crippen molar-refractivity contribution in [2.45, 2.75) is 32.8 Å². The SMILES string of the molecule is CC(C)(C)c1nc2ccc(Br)cc2c(=O)n1N=Cc1cccc(OCc2ccccc2Cl)c1. The Labute approximate surface area is 205 Å². The van der Waals surface area contributed by atoms with Gasteiger partial charge < -0.3 is 4.74 Å². The van der Waals surface area contributed by atoms with Crippen LogP contribution in [-0.4, -0.2) is 15.9 Å². The molecule has 1 aromatic heterocycles. The maximum absolute atomic E-state index is 13.3. The van der Waals surface area contributed by atoms with Gasteiger partial charge in [-0.1, -0.05) is 78.6 Å². The van der Waals surface area contributed by atoms with Gasteiger partial charge in [0.1, 0.15) is 18.2 Å². The van der Waals surface area contributed by atoms with Crippen LogP contribution in [0.5, 0.6) is 5.75 Å². The first-order valence-corrected chi connectivity index (χ1v) is 11.6. The molecule has 0 amide bonds. The summed E-state index contributed by atoms with van der Waals surface area (Å²) in [6.07, 6.45) is 1.64. The second kappa shape index (κ2) is 9.49. The third-order valence-corrected chi connectivity index (χ3v) is 5.87. The second-order valence-electron chi connectivity index (χ2n) is 8.66. The predicted molar refractivity (Wildman–Crippen MR) is 138 cm³/mol. The predicted octanol–water partition coefficient (Wildman–Crippen LogP) is 6.57. The highest BCUT2D eigenvalue weighted by molar-refractivity contribution is 9.10. The molecular formula is C26H23BrClN3O2. The zero-order chi connectivity index (χ0) is 23.6. The first kappa shape index (κ1) is 23.2. The fraction of sp³-hybridized carbons (Fsp3) is 0.192. The summed E-state index contributed by atoms with van der Waals surface area (Å²) in [6.45, 7) is 6.38. The molecule has 4 aromatic rings. The van der Waals surface area contributed by atoms with Crippen molar-refractivity contribution in [2.24, 2.45) is 5.10 Å². The molecule has 168 valence electrons. The van der Waals surface area contributed by atoms with Gasteiger partial charge in [0.25, 0.3) is 5.56 Å². The molecule has 0 bridgehead atoms. The van der Waals surface area contributed by atoms with Gasteiger partial charge in [0, 0.05) is 20.5 Å². The first-order valence-electron chi connectivity index (χ1n) is 10.5. The van der Waals surface area contributed by atoms with Gasteiger partial charge in [-0.25, -0.2) is 4.98 Å². The number of rotatable bonds is 5. The van der Waals surface area contributed by atoms with Crippen LogP contribution in [0.1, 0.15) is 37.7 Å². The lowest BCUT2D eigenvalue weighted by atomic mass is 9.95. The van der Waals surface area contributed by atoms with Gasteiger partial charge in [-0.3, -0.25) is 4.79 Å². The van der Waals surface area contributed by atoms with Crippen molar-refractivity contribution >= 4 is 44.6 Å². The van der Waals surface area contributed by atoms with E-state index in [0.29, 0.717) is 34.1 Å². The van der Waals surface area contributed by atoms with Gasteiger partial charge in [0.05, 0.1) is 17.1 Å². The minimum atomic E-state index is -0.377. The third kappa shape index (κ3) is 5.34. The molecule has 4 rings (SSSR count). The number of benzene rings is 3. The summed E-state index contributed by atoms with van der Waals surface area (Å²) in [6, 6.07) is 20.6. The average Bonchev–Trinajstić information content (AvgIpc) is 2.78. The lowest BCUT2D eigenvalue weighted by Gasteiger charge is -2.20. The van der Waals surface area contributed by atoms with Crippen molar-refractivity contribution in [3.63, 3.8) is 0 Å². The average molecular weight is 525 g/mol. The standard InChI is InChI=1S/C26H23BrClN3O2/c1-26(2,3)25-30-23-12-11-19(27)14-21(23)24(32)31(25)29-15-17-7-6-9-20(13-17)33-16-18-8-4-5-10-22(18)28/h4-15H,16H2,1-3H3. The van der Waals surface area contributed by atoms with Crippen LogP contribution < -0.4 is 10.3 Å². The van der Waals surface area contributed by atoms with Gasteiger partial charge in [0.15, 0.2) is 0 Å². The normalized spacial score (nSPS) is 11.9. The molecule has 0 unspecified atom stereocenters. The van der Waals surface area contributed by atoms with E-state index in [4.69, 9.17) is 21.3 Å². The van der Waals surface area contributed by atoms with E-state index in [9.17, 15) is 4.79 Å². The zero-order valence-electron chi connectivity index (χ0n) is 18.5. The fourth-order valence-corrected chi connectivity index (χ4v) is 3.88. The highest BCUT2D eigenvalue weighted by atomic mass is 79.9. The van der Waals surface area contributed by atoms with Crippen LogP contribution in [-0.2, 0) is 12.0 Å². The zero-order valence-corrected chi connectivity index (χ0v) is 20.9. The van der Waals surface area contributed by atoms with E-state index in [-0.39, 0.29) is 11.0 Å². The fourth-order valence-electron chi connectivity index (χ4n) is 3.33. The Kier molecular flexibility index (Phi) is 6.68. The van der Waals surface area contributed by atoms with Crippen LogP contribution in [0, 0.1) is 0 Å². The Bertz CT molecular complexity index is 1410. The summed E-state index contributed by atoms with van der Waals surface area (Å²) >= 11 is 9.65. The van der Waals surface area contributed by atoms with E-state index in [1.54, 1.807) is 12.3 Å². The van der Waals surface area contributed by atoms with Crippen LogP contribution in [0.2, 0.25) is 5.02 Å². The van der Waals surface area contributed by atoms with Crippen molar-refractivity contribution in [1.29, 1.82) is 0 Å². The van der Waals surface area contributed by atoms with Gasteiger partial charge >= 0.3 is 0 Å². The smallest absolute Gasteiger partial charge is 0.282 e.